The number of fused-ring (bicyclic) bond motifs is 1. The molecule has 3 nitrogen and oxygen atoms in total. The molecule has 0 spiro atoms. The van der Waals surface area contributed by atoms with Gasteiger partial charge in [0, 0.05) is 14.1 Å². The van der Waals surface area contributed by atoms with E-state index in [9.17, 15) is 0 Å². The van der Waals surface area contributed by atoms with Crippen molar-refractivity contribution in [2.45, 2.75) is 64.1 Å². The minimum absolute atomic E-state index is 0.0192. The Hall–Kier alpha value is -0.730. The first-order chi connectivity index (χ1) is 7.40. The summed E-state index contributed by atoms with van der Waals surface area (Å²) < 4.78 is 0. The fraction of sp³-hybridized carbons (Fsp3) is 0.923. The number of rotatable bonds is 0. The average molecular weight is 223 g/mol. The Morgan fingerprint density at radius 3 is 1.81 bits per heavy atom. The normalized spacial score (nSPS) is 30.7. The predicted octanol–water partition coefficient (Wildman–Crippen LogP) is 2.33. The van der Waals surface area contributed by atoms with Crippen molar-refractivity contribution in [2.75, 3.05) is 14.1 Å². The van der Waals surface area contributed by atoms with E-state index in [1.54, 1.807) is 0 Å². The monoisotopic (exact) mass is 223 g/mol. The molecule has 0 radical (unpaired) electrons. The van der Waals surface area contributed by atoms with Crippen LogP contribution in [0.4, 0.5) is 0 Å². The van der Waals surface area contributed by atoms with Gasteiger partial charge in [0.1, 0.15) is 0 Å². The molecule has 2 atom stereocenters. The second-order valence-corrected chi connectivity index (χ2v) is 6.22. The van der Waals surface area contributed by atoms with Crippen molar-refractivity contribution in [1.29, 1.82) is 0 Å². The number of nitrogens with zero attached hydrogens (tertiary/aromatic N) is 3. The van der Waals surface area contributed by atoms with Crippen LogP contribution in [0.2, 0.25) is 0 Å². The van der Waals surface area contributed by atoms with Crippen LogP contribution in [0, 0.1) is 0 Å². The lowest BCUT2D eigenvalue weighted by Crippen LogP contribution is -2.37. The molecule has 0 aromatic carbocycles. The zero-order chi connectivity index (χ0) is 11.9. The molecule has 3 heteroatoms. The number of likely N-dealkylation sites (N-methyl/N-ethyl adjacent to an activating group) is 2. The molecular formula is C13H25N3. The Balaban J connectivity index is 2.25. The number of hydrogen-bond donors (Lipinski definition) is 0. The van der Waals surface area contributed by atoms with Gasteiger partial charge in [-0.2, -0.15) is 0 Å². The zero-order valence-electron chi connectivity index (χ0n) is 11.3. The first-order valence-corrected chi connectivity index (χ1v) is 6.46. The number of guanidine groups is 1. The van der Waals surface area contributed by atoms with Crippen LogP contribution >= 0.6 is 0 Å². The molecule has 0 aromatic rings. The molecule has 1 aliphatic carbocycles. The molecule has 0 aromatic heterocycles. The van der Waals surface area contributed by atoms with Crippen LogP contribution in [0.3, 0.4) is 0 Å². The molecule has 0 amide bonds. The van der Waals surface area contributed by atoms with Crippen LogP contribution in [-0.2, 0) is 0 Å². The summed E-state index contributed by atoms with van der Waals surface area (Å²) in [6.07, 6.45) is 5.41. The van der Waals surface area contributed by atoms with Crippen molar-refractivity contribution in [3.8, 4) is 0 Å². The highest BCUT2D eigenvalue weighted by atomic mass is 15.5. The largest absolute Gasteiger partial charge is 0.341 e. The van der Waals surface area contributed by atoms with Crippen molar-refractivity contribution in [1.82, 2.24) is 9.80 Å². The molecule has 1 heterocycles. The van der Waals surface area contributed by atoms with E-state index in [2.05, 4.69) is 44.7 Å². The highest BCUT2D eigenvalue weighted by Crippen LogP contribution is 2.32. The Bertz CT molecular complexity index is 270. The summed E-state index contributed by atoms with van der Waals surface area (Å²) in [5, 5.41) is 0. The summed E-state index contributed by atoms with van der Waals surface area (Å²) in [5.74, 6) is 1.18. The van der Waals surface area contributed by atoms with Gasteiger partial charge < -0.3 is 9.80 Å². The summed E-state index contributed by atoms with van der Waals surface area (Å²) in [7, 11) is 4.41. The van der Waals surface area contributed by atoms with E-state index in [1.165, 1.54) is 31.6 Å². The van der Waals surface area contributed by atoms with Gasteiger partial charge in [0.15, 0.2) is 5.96 Å². The van der Waals surface area contributed by atoms with E-state index >= 15 is 0 Å². The Morgan fingerprint density at radius 2 is 1.44 bits per heavy atom. The van der Waals surface area contributed by atoms with E-state index < -0.39 is 0 Å². The molecular weight excluding hydrogens is 198 g/mol. The molecule has 2 rings (SSSR count). The van der Waals surface area contributed by atoms with E-state index in [-0.39, 0.29) is 5.54 Å². The maximum atomic E-state index is 4.86. The summed E-state index contributed by atoms with van der Waals surface area (Å²) in [4.78, 5) is 9.66. The van der Waals surface area contributed by atoms with Gasteiger partial charge in [-0.25, -0.2) is 4.99 Å². The van der Waals surface area contributed by atoms with Crippen LogP contribution in [0.25, 0.3) is 0 Å². The maximum Gasteiger partial charge on any atom is 0.197 e. The summed E-state index contributed by atoms with van der Waals surface area (Å²) in [6, 6.07) is 1.39. The van der Waals surface area contributed by atoms with Crippen LogP contribution in [0.15, 0.2) is 4.99 Å². The van der Waals surface area contributed by atoms with Gasteiger partial charge >= 0.3 is 0 Å². The predicted molar refractivity (Wildman–Crippen MR) is 68.8 cm³/mol. The minimum atomic E-state index is 0.0192. The summed E-state index contributed by atoms with van der Waals surface area (Å²) in [6.45, 7) is 6.51. The average Bonchev–Trinajstić information content (AvgIpc) is 2.43. The first kappa shape index (κ1) is 11.7. The van der Waals surface area contributed by atoms with E-state index in [0.717, 1.165) is 0 Å². The smallest absolute Gasteiger partial charge is 0.197 e. The van der Waals surface area contributed by atoms with Crippen LogP contribution in [0.1, 0.15) is 46.5 Å². The van der Waals surface area contributed by atoms with Gasteiger partial charge in [-0.1, -0.05) is 12.8 Å². The Labute approximate surface area is 99.5 Å². The maximum absolute atomic E-state index is 4.86. The lowest BCUT2D eigenvalue weighted by Gasteiger charge is -2.29. The molecule has 2 fully saturated rings. The van der Waals surface area contributed by atoms with Crippen molar-refractivity contribution in [3.63, 3.8) is 0 Å². The molecule has 0 bridgehead atoms. The fourth-order valence-corrected chi connectivity index (χ4v) is 3.00. The van der Waals surface area contributed by atoms with Crippen molar-refractivity contribution in [3.05, 3.63) is 0 Å². The van der Waals surface area contributed by atoms with Gasteiger partial charge in [-0.05, 0) is 33.6 Å². The summed E-state index contributed by atoms with van der Waals surface area (Å²) >= 11 is 0. The lowest BCUT2D eigenvalue weighted by molar-refractivity contribution is 0.233. The van der Waals surface area contributed by atoms with Crippen LogP contribution < -0.4 is 0 Å². The third kappa shape index (κ3) is 2.04. The quantitative estimate of drug-likeness (QED) is 0.627. The molecule has 1 saturated heterocycles. The van der Waals surface area contributed by atoms with Gasteiger partial charge in [0.05, 0.1) is 17.6 Å². The Morgan fingerprint density at radius 1 is 1.00 bits per heavy atom. The summed E-state index contributed by atoms with van der Waals surface area (Å²) in [5.41, 5.74) is 0.0192. The van der Waals surface area contributed by atoms with Gasteiger partial charge in [0.2, 0.25) is 0 Å². The SMILES string of the molecule is CN1C(=NC(C)(C)C)N(C)[C@H]2CCCC[C@@H]21. The Kier molecular flexibility index (Phi) is 2.89. The van der Waals surface area contributed by atoms with E-state index in [0.29, 0.717) is 12.1 Å². The van der Waals surface area contributed by atoms with Gasteiger partial charge in [-0.15, -0.1) is 0 Å². The van der Waals surface area contributed by atoms with Gasteiger partial charge in [0.25, 0.3) is 0 Å². The standard InChI is InChI=1S/C13H25N3/c1-13(2,3)14-12-15(4)10-8-6-7-9-11(10)16(12)5/h10-11H,6-9H2,1-5H3/t10-,11-/m0/s1. The molecule has 0 unspecified atom stereocenters. The molecule has 1 saturated carbocycles. The number of aliphatic imine (C=N–C) groups is 1. The highest BCUT2D eigenvalue weighted by Gasteiger charge is 2.41. The first-order valence-electron chi connectivity index (χ1n) is 6.46. The fourth-order valence-electron chi connectivity index (χ4n) is 3.00. The van der Waals surface area contributed by atoms with Crippen molar-refractivity contribution in [2.24, 2.45) is 4.99 Å². The van der Waals surface area contributed by atoms with E-state index in [1.807, 2.05) is 0 Å². The van der Waals surface area contributed by atoms with E-state index in [4.69, 9.17) is 4.99 Å². The third-order valence-electron chi connectivity index (χ3n) is 3.76. The van der Waals surface area contributed by atoms with Crippen LogP contribution in [-0.4, -0.2) is 47.5 Å². The molecule has 2 aliphatic rings. The van der Waals surface area contributed by atoms with Crippen molar-refractivity contribution >= 4 is 5.96 Å². The third-order valence-corrected chi connectivity index (χ3v) is 3.76. The molecule has 16 heavy (non-hydrogen) atoms. The van der Waals surface area contributed by atoms with Crippen molar-refractivity contribution < 1.29 is 0 Å². The topological polar surface area (TPSA) is 18.8 Å². The number of hydrogen-bond acceptors (Lipinski definition) is 1. The second-order valence-electron chi connectivity index (χ2n) is 6.22. The molecule has 1 aliphatic heterocycles. The van der Waals surface area contributed by atoms with Gasteiger partial charge in [-0.3, -0.25) is 0 Å². The molecule has 0 N–H and O–H groups in total. The van der Waals surface area contributed by atoms with Crippen LogP contribution in [0.5, 0.6) is 0 Å². The molecule has 92 valence electrons. The lowest BCUT2D eigenvalue weighted by atomic mass is 9.91. The minimum Gasteiger partial charge on any atom is -0.341 e. The highest BCUT2D eigenvalue weighted by molar-refractivity contribution is 5.83. The zero-order valence-corrected chi connectivity index (χ0v) is 11.3. The second kappa shape index (κ2) is 3.94.